The van der Waals surface area contributed by atoms with Crippen LogP contribution in [-0.2, 0) is 65.4 Å². The van der Waals surface area contributed by atoms with Crippen molar-refractivity contribution in [1.29, 1.82) is 0 Å². The monoisotopic (exact) mass is 804 g/mol. The van der Waals surface area contributed by atoms with Crippen LogP contribution in [0.15, 0.2) is 42.4 Å². The van der Waals surface area contributed by atoms with E-state index in [1.165, 1.54) is 43.7 Å². The summed E-state index contributed by atoms with van der Waals surface area (Å²) in [4.78, 5) is 23.3. The minimum Gasteiger partial charge on any atom is -0.476 e. The number of hydrogen-bond acceptors (Lipinski definition) is 8. The number of hydrogen-bond donors (Lipinski definition) is 0. The molecule has 0 N–H and O–H groups in total. The third-order valence-electron chi connectivity index (χ3n) is 4.29. The fraction of sp³-hybridized carbons (Fsp3) is 0.481. The molecule has 6 nitrogen and oxygen atoms in total. The van der Waals surface area contributed by atoms with Crippen LogP contribution in [-0.4, -0.2) is 43.6 Å². The van der Waals surface area contributed by atoms with Gasteiger partial charge in [0, 0.05) is 50.2 Å². The number of benzene rings is 2. The number of rotatable bonds is 8. The Bertz CT molecular complexity index is 1370. The van der Waals surface area contributed by atoms with Crippen LogP contribution in [0.1, 0.15) is 64.8 Å². The first-order valence-corrected chi connectivity index (χ1v) is 16.9. The van der Waals surface area contributed by atoms with E-state index in [1.807, 2.05) is 0 Å². The van der Waals surface area contributed by atoms with Gasteiger partial charge in [0.2, 0.25) is 0 Å². The molecule has 272 valence electrons. The molecular formula is C27H38BCl2F7O6S4. The van der Waals surface area contributed by atoms with E-state index in [-0.39, 0.29) is 34.0 Å². The van der Waals surface area contributed by atoms with Crippen molar-refractivity contribution < 1.29 is 61.8 Å². The van der Waals surface area contributed by atoms with Gasteiger partial charge < -0.3 is 36.2 Å². The highest BCUT2D eigenvalue weighted by atomic mass is 35.5. The van der Waals surface area contributed by atoms with Gasteiger partial charge in [0.25, 0.3) is 0 Å². The zero-order valence-electron chi connectivity index (χ0n) is 26.4. The largest absolute Gasteiger partial charge is 1.00 e. The Morgan fingerprint density at radius 2 is 1.23 bits per heavy atom. The number of esters is 2. The third kappa shape index (κ3) is 24.8. The molecule has 47 heavy (non-hydrogen) atoms. The standard InChI is InChI=1S/C13H14ClF3O3.C12H15ClO3.2CH4.BF4.S4/c1-4-19-11(18)12(2,3)20-10-6-5-8(14)7-9(10)13(15,16)17;1-4-15-11(14)12(2,3)16-10-7-5-9(13)6-8-10;;;2-1(3,4)5;1-3-4-2/h5-7H,4H2,1-3H3;5-8H,4H2,1-3H3;2*1H4;;/q;;;;-1;/p+1/i;7T;;;;/hT. The summed E-state index contributed by atoms with van der Waals surface area (Å²) in [7, 11) is -3.66. The van der Waals surface area contributed by atoms with Gasteiger partial charge in [-0.1, -0.05) is 38.1 Å². The normalized spacial score (nSPS) is 10.9. The number of halogens is 9. The van der Waals surface area contributed by atoms with Crippen molar-refractivity contribution >= 4 is 82.5 Å². The van der Waals surface area contributed by atoms with E-state index < -0.39 is 47.9 Å². The molecular weight excluding hydrogens is 763 g/mol. The van der Waals surface area contributed by atoms with Crippen LogP contribution >= 0.6 is 23.2 Å². The van der Waals surface area contributed by atoms with Crippen molar-refractivity contribution in [3.63, 3.8) is 0 Å². The summed E-state index contributed by atoms with van der Waals surface area (Å²) in [6.07, 6.45) is -4.63. The Kier molecular flexibility index (Phi) is 25.4. The second kappa shape index (κ2) is 24.2. The lowest BCUT2D eigenvalue weighted by Crippen LogP contribution is -2.40. The molecule has 2 rings (SSSR count). The van der Waals surface area contributed by atoms with Gasteiger partial charge in [0.05, 0.1) is 20.1 Å². The third-order valence-corrected chi connectivity index (χ3v) is 6.98. The smallest absolute Gasteiger partial charge is 0.476 e. The molecule has 0 atom stereocenters. The van der Waals surface area contributed by atoms with Crippen LogP contribution in [0.25, 0.3) is 0 Å². The maximum absolute atomic E-state index is 12.9. The average Bonchev–Trinajstić information content (AvgIpc) is 2.90. The molecule has 0 unspecified atom stereocenters. The minimum absolute atomic E-state index is 0. The van der Waals surface area contributed by atoms with Crippen LogP contribution in [0.2, 0.25) is 10.0 Å². The van der Waals surface area contributed by atoms with Gasteiger partial charge in [-0.15, -0.1) is 0 Å². The van der Waals surface area contributed by atoms with Gasteiger partial charge >= 0.3 is 26.8 Å². The van der Waals surface area contributed by atoms with Gasteiger partial charge in [-0.2, -0.15) is 13.2 Å². The first-order chi connectivity index (χ1) is 20.9. The number of carbonyl (C=O) groups is 2. The molecule has 0 spiro atoms. The molecule has 0 saturated heterocycles. The SMILES string of the molecule is C.C.CCOC(=O)C(C)(C)Oc1ccc(Cl)cc1C(F)(F)F.F[B-](F)(F)F.S=S=S=S.[3H+].[3H]c1cc(Cl)ccc1OC(C)(C)C(=O)OCC. The molecule has 0 fully saturated rings. The summed E-state index contributed by atoms with van der Waals surface area (Å²) in [5.74, 6) is -1.38. The predicted molar refractivity (Wildman–Crippen MR) is 185 cm³/mol. The van der Waals surface area contributed by atoms with E-state index in [4.69, 9.17) is 43.5 Å². The molecule has 20 heteroatoms. The first kappa shape index (κ1) is 49.4. The number of carbonyl (C=O) groups excluding carboxylic acids is 2. The highest BCUT2D eigenvalue weighted by molar-refractivity contribution is 8.51. The van der Waals surface area contributed by atoms with Crippen molar-refractivity contribution in [1.82, 2.24) is 0 Å². The molecule has 0 aromatic heterocycles. The number of ether oxygens (including phenoxy) is 4. The Labute approximate surface area is 299 Å². The van der Waals surface area contributed by atoms with Gasteiger partial charge in [0.1, 0.15) is 11.5 Å². The van der Waals surface area contributed by atoms with Crippen LogP contribution in [0.3, 0.4) is 0 Å². The van der Waals surface area contributed by atoms with Crippen molar-refractivity contribution in [2.75, 3.05) is 13.2 Å². The molecule has 0 heterocycles. The lowest BCUT2D eigenvalue weighted by molar-refractivity contribution is -0.160. The molecule has 0 amide bonds. The number of alkyl halides is 3. The van der Waals surface area contributed by atoms with E-state index in [1.54, 1.807) is 39.8 Å². The molecule has 0 aliphatic heterocycles. The van der Waals surface area contributed by atoms with E-state index in [0.29, 0.717) is 17.4 Å². The van der Waals surface area contributed by atoms with Gasteiger partial charge in [-0.05, 0) is 84.0 Å². The molecule has 0 aliphatic carbocycles. The zero-order chi connectivity index (χ0) is 36.5. The summed E-state index contributed by atoms with van der Waals surface area (Å²) in [5, 5.41) is 0.384. The Hall–Kier alpha value is -1.99. The fourth-order valence-corrected chi connectivity index (χ4v) is 2.80. The highest BCUT2D eigenvalue weighted by Crippen LogP contribution is 2.39. The van der Waals surface area contributed by atoms with Crippen molar-refractivity contribution in [3.8, 4) is 11.5 Å². The quantitative estimate of drug-likeness (QED) is 0.149. The molecule has 2 aromatic carbocycles. The fourth-order valence-electron chi connectivity index (χ4n) is 2.51. The van der Waals surface area contributed by atoms with E-state index in [2.05, 4.69) is 22.4 Å². The Morgan fingerprint density at radius 1 is 0.830 bits per heavy atom. The van der Waals surface area contributed by atoms with Crippen LogP contribution in [0, 0.1) is 0 Å². The maximum Gasteiger partial charge on any atom is 1.00 e. The van der Waals surface area contributed by atoms with Gasteiger partial charge in [-0.25, -0.2) is 9.59 Å². The van der Waals surface area contributed by atoms with Crippen LogP contribution in [0.5, 0.6) is 11.5 Å². The van der Waals surface area contributed by atoms with E-state index >= 15 is 0 Å². The second-order valence-corrected chi connectivity index (χ2v) is 13.2. The van der Waals surface area contributed by atoms with Crippen molar-refractivity contribution in [2.24, 2.45) is 0 Å². The molecule has 2 aromatic rings. The van der Waals surface area contributed by atoms with E-state index in [9.17, 15) is 40.0 Å². The average molecular weight is 806 g/mol. The summed E-state index contributed by atoms with van der Waals surface area (Å²) < 4.78 is 106. The topological polar surface area (TPSA) is 71.1 Å². The predicted octanol–water partition coefficient (Wildman–Crippen LogP) is 9.81. The lowest BCUT2D eigenvalue weighted by Gasteiger charge is -2.26. The Morgan fingerprint density at radius 3 is 1.60 bits per heavy atom. The van der Waals surface area contributed by atoms with Crippen LogP contribution < -0.4 is 9.47 Å². The molecule has 0 aliphatic rings. The van der Waals surface area contributed by atoms with Gasteiger partial charge in [-0.3, -0.25) is 0 Å². The first-order valence-electron chi connectivity index (χ1n) is 12.7. The van der Waals surface area contributed by atoms with Gasteiger partial charge in [0.15, 0.2) is 11.2 Å². The van der Waals surface area contributed by atoms with Crippen molar-refractivity contribution in [3.05, 3.63) is 58.0 Å². The highest BCUT2D eigenvalue weighted by Gasteiger charge is 2.39. The van der Waals surface area contributed by atoms with Crippen LogP contribution in [0.4, 0.5) is 30.4 Å². The zero-order valence-corrected chi connectivity index (χ0v) is 29.2. The summed E-state index contributed by atoms with van der Waals surface area (Å²) in [6, 6.07) is 7.84. The summed E-state index contributed by atoms with van der Waals surface area (Å²) in [5.41, 5.74) is -3.70. The second-order valence-electron chi connectivity index (χ2n) is 8.81. The van der Waals surface area contributed by atoms with E-state index in [0.717, 1.165) is 12.1 Å². The van der Waals surface area contributed by atoms with Crippen molar-refractivity contribution in [2.45, 2.75) is 73.8 Å². The summed E-state index contributed by atoms with van der Waals surface area (Å²) >= 11 is 19.9. The lowest BCUT2D eigenvalue weighted by atomic mass is 10.1. The molecule has 0 saturated carbocycles. The molecule has 0 radical (unpaired) electrons. The summed E-state index contributed by atoms with van der Waals surface area (Å²) in [6.45, 7) is 9.58. The minimum atomic E-state index is -6.00. The maximum atomic E-state index is 12.9. The molecule has 0 bridgehead atoms. The Balaban J connectivity index is -0.000000202.